The van der Waals surface area contributed by atoms with Gasteiger partial charge in [0.2, 0.25) is 0 Å². The van der Waals surface area contributed by atoms with Crippen molar-refractivity contribution in [1.29, 1.82) is 0 Å². The second-order valence-electron chi connectivity index (χ2n) is 3.83. The Morgan fingerprint density at radius 1 is 1.47 bits per heavy atom. The zero-order valence-corrected chi connectivity index (χ0v) is 11.5. The average Bonchev–Trinajstić information content (AvgIpc) is 2.72. The zero-order valence-electron chi connectivity index (χ0n) is 10.7. The monoisotopic (exact) mass is 256 g/mol. The van der Waals surface area contributed by atoms with E-state index in [0.717, 1.165) is 30.0 Å². The van der Waals surface area contributed by atoms with E-state index >= 15 is 0 Å². The molecule has 0 amide bonds. The summed E-state index contributed by atoms with van der Waals surface area (Å²) in [6, 6.07) is 0.112. The van der Waals surface area contributed by atoms with Gasteiger partial charge in [-0.25, -0.2) is 9.78 Å². The van der Waals surface area contributed by atoms with Gasteiger partial charge in [-0.2, -0.15) is 0 Å². The fourth-order valence-electron chi connectivity index (χ4n) is 1.45. The van der Waals surface area contributed by atoms with Gasteiger partial charge in [0, 0.05) is 12.5 Å². The van der Waals surface area contributed by atoms with Crippen molar-refractivity contribution in [3.63, 3.8) is 0 Å². The van der Waals surface area contributed by atoms with Crippen molar-refractivity contribution in [3.8, 4) is 0 Å². The molecule has 1 rings (SSSR count). The summed E-state index contributed by atoms with van der Waals surface area (Å²) in [5, 5.41) is 0.930. The second kappa shape index (κ2) is 6.71. The summed E-state index contributed by atoms with van der Waals surface area (Å²) < 4.78 is 5.02. The van der Waals surface area contributed by atoms with Crippen LogP contribution in [0.2, 0.25) is 0 Å². The molecule has 0 aromatic carbocycles. The smallest absolute Gasteiger partial charge is 0.350 e. The number of hydrogen-bond acceptors (Lipinski definition) is 5. The lowest BCUT2D eigenvalue weighted by molar-refractivity contribution is 0.0530. The number of nitrogens with zero attached hydrogens (tertiary/aromatic N) is 1. The van der Waals surface area contributed by atoms with E-state index in [2.05, 4.69) is 4.98 Å². The van der Waals surface area contributed by atoms with Gasteiger partial charge >= 0.3 is 5.97 Å². The normalized spacial score (nSPS) is 12.5. The number of rotatable bonds is 6. The number of carbonyl (C=O) groups excluding carboxylic acids is 1. The number of nitrogens with two attached hydrogens (primary N) is 1. The number of esters is 1. The third-order valence-corrected chi connectivity index (χ3v) is 3.60. The molecule has 96 valence electrons. The first-order valence-corrected chi connectivity index (χ1v) is 6.85. The third kappa shape index (κ3) is 3.78. The average molecular weight is 256 g/mol. The summed E-state index contributed by atoms with van der Waals surface area (Å²) >= 11 is 1.41. The summed E-state index contributed by atoms with van der Waals surface area (Å²) in [7, 11) is 0. The minimum atomic E-state index is -0.266. The van der Waals surface area contributed by atoms with E-state index in [1.807, 2.05) is 13.8 Å². The van der Waals surface area contributed by atoms with Crippen LogP contribution in [0.25, 0.3) is 0 Å². The van der Waals surface area contributed by atoms with Gasteiger partial charge in [0.15, 0.2) is 0 Å². The molecule has 0 aliphatic carbocycles. The van der Waals surface area contributed by atoms with E-state index in [1.165, 1.54) is 11.3 Å². The maximum absolute atomic E-state index is 11.7. The lowest BCUT2D eigenvalue weighted by Crippen LogP contribution is -2.21. The van der Waals surface area contributed by atoms with E-state index in [1.54, 1.807) is 6.92 Å². The van der Waals surface area contributed by atoms with Crippen molar-refractivity contribution in [2.75, 3.05) is 6.61 Å². The van der Waals surface area contributed by atoms with Crippen molar-refractivity contribution >= 4 is 17.3 Å². The Kier molecular flexibility index (Phi) is 5.58. The zero-order chi connectivity index (χ0) is 12.8. The molecule has 1 atom stereocenters. The van der Waals surface area contributed by atoms with Gasteiger partial charge in [0.1, 0.15) is 4.88 Å². The number of thiazole rings is 1. The Labute approximate surface area is 106 Å². The van der Waals surface area contributed by atoms with Gasteiger partial charge in [0.25, 0.3) is 0 Å². The summed E-state index contributed by atoms with van der Waals surface area (Å²) in [4.78, 5) is 16.8. The van der Waals surface area contributed by atoms with Crippen molar-refractivity contribution < 1.29 is 9.53 Å². The topological polar surface area (TPSA) is 65.2 Å². The molecule has 1 heterocycles. The fraction of sp³-hybridized carbons (Fsp3) is 0.667. The van der Waals surface area contributed by atoms with E-state index in [-0.39, 0.29) is 12.0 Å². The summed E-state index contributed by atoms with van der Waals surface area (Å²) in [5.41, 5.74) is 6.72. The Bertz CT molecular complexity index is 377. The van der Waals surface area contributed by atoms with Crippen molar-refractivity contribution in [2.24, 2.45) is 5.73 Å². The molecule has 0 fully saturated rings. The highest BCUT2D eigenvalue weighted by Gasteiger charge is 2.18. The van der Waals surface area contributed by atoms with Crippen LogP contribution in [0.1, 0.15) is 47.6 Å². The molecule has 2 N–H and O–H groups in total. The number of ether oxygens (including phenoxy) is 1. The molecule has 17 heavy (non-hydrogen) atoms. The van der Waals surface area contributed by atoms with Gasteiger partial charge < -0.3 is 10.5 Å². The van der Waals surface area contributed by atoms with Gasteiger partial charge in [-0.3, -0.25) is 0 Å². The van der Waals surface area contributed by atoms with Gasteiger partial charge in [-0.05, 0) is 19.8 Å². The first-order valence-electron chi connectivity index (χ1n) is 6.03. The van der Waals surface area contributed by atoms with Crippen LogP contribution < -0.4 is 5.73 Å². The largest absolute Gasteiger partial charge is 0.462 e. The van der Waals surface area contributed by atoms with Crippen LogP contribution in [0.5, 0.6) is 0 Å². The van der Waals surface area contributed by atoms with Gasteiger partial charge in [0.05, 0.1) is 17.3 Å². The van der Waals surface area contributed by atoms with Crippen molar-refractivity contribution in [3.05, 3.63) is 15.6 Å². The lowest BCUT2D eigenvalue weighted by Gasteiger charge is -2.04. The molecule has 1 unspecified atom stereocenters. The fourth-order valence-corrected chi connectivity index (χ4v) is 2.59. The predicted molar refractivity (Wildman–Crippen MR) is 69.4 cm³/mol. The molecule has 1 aromatic heterocycles. The number of aromatic nitrogens is 1. The first kappa shape index (κ1) is 14.1. The lowest BCUT2D eigenvalue weighted by atomic mass is 10.2. The highest BCUT2D eigenvalue weighted by molar-refractivity contribution is 7.13. The molecule has 4 nitrogen and oxygen atoms in total. The molecule has 0 aliphatic heterocycles. The molecule has 0 saturated carbocycles. The maximum atomic E-state index is 11.7. The molecule has 0 bridgehead atoms. The molecule has 0 spiro atoms. The highest BCUT2D eigenvalue weighted by Crippen LogP contribution is 2.21. The highest BCUT2D eigenvalue weighted by atomic mass is 32.1. The van der Waals surface area contributed by atoms with Crippen LogP contribution in [-0.2, 0) is 17.6 Å². The molecule has 1 aromatic rings. The quantitative estimate of drug-likeness (QED) is 0.792. The third-order valence-electron chi connectivity index (χ3n) is 2.50. The van der Waals surface area contributed by atoms with Crippen LogP contribution in [0, 0.1) is 0 Å². The Hall–Kier alpha value is -0.940. The van der Waals surface area contributed by atoms with E-state index < -0.39 is 0 Å². The number of aryl methyl sites for hydroxylation is 1. The maximum Gasteiger partial charge on any atom is 0.350 e. The minimum Gasteiger partial charge on any atom is -0.462 e. The van der Waals surface area contributed by atoms with Crippen LogP contribution in [0.15, 0.2) is 0 Å². The van der Waals surface area contributed by atoms with E-state index in [0.29, 0.717) is 11.5 Å². The summed E-state index contributed by atoms with van der Waals surface area (Å²) in [6.45, 7) is 6.23. The standard InChI is InChI=1S/C12H20N2O2S/c1-4-8(13)7-10-14-9(5-2)11(17-10)12(15)16-6-3/h8H,4-7,13H2,1-3H3. The Morgan fingerprint density at radius 2 is 2.18 bits per heavy atom. The first-order chi connectivity index (χ1) is 8.12. The second-order valence-corrected chi connectivity index (χ2v) is 4.91. The van der Waals surface area contributed by atoms with Crippen LogP contribution in [0.3, 0.4) is 0 Å². The van der Waals surface area contributed by atoms with Gasteiger partial charge in [-0.15, -0.1) is 11.3 Å². The van der Waals surface area contributed by atoms with Crippen LogP contribution >= 0.6 is 11.3 Å². The molecule has 0 saturated heterocycles. The summed E-state index contributed by atoms with van der Waals surface area (Å²) in [5.74, 6) is -0.266. The molecule has 0 aliphatic rings. The molecular weight excluding hydrogens is 236 g/mol. The Balaban J connectivity index is 2.86. The molecule has 5 heteroatoms. The van der Waals surface area contributed by atoms with Crippen LogP contribution in [0.4, 0.5) is 0 Å². The SMILES string of the molecule is CCOC(=O)c1sc(CC(N)CC)nc1CC. The minimum absolute atomic E-state index is 0.112. The van der Waals surface area contributed by atoms with Crippen molar-refractivity contribution in [2.45, 2.75) is 46.1 Å². The molecule has 0 radical (unpaired) electrons. The number of hydrogen-bond donors (Lipinski definition) is 1. The van der Waals surface area contributed by atoms with Gasteiger partial charge in [-0.1, -0.05) is 13.8 Å². The predicted octanol–water partition coefficient (Wildman–Crippen LogP) is 2.16. The summed E-state index contributed by atoms with van der Waals surface area (Å²) in [6.07, 6.45) is 2.38. The Morgan fingerprint density at radius 3 is 2.71 bits per heavy atom. The van der Waals surface area contributed by atoms with Crippen LogP contribution in [-0.4, -0.2) is 23.6 Å². The van der Waals surface area contributed by atoms with Crippen molar-refractivity contribution in [1.82, 2.24) is 4.98 Å². The molecular formula is C12H20N2O2S. The number of carbonyl (C=O) groups is 1. The van der Waals surface area contributed by atoms with E-state index in [9.17, 15) is 4.79 Å². The van der Waals surface area contributed by atoms with E-state index in [4.69, 9.17) is 10.5 Å².